The topological polar surface area (TPSA) is 91.3 Å². The number of guanidine groups is 1. The van der Waals surface area contributed by atoms with E-state index in [9.17, 15) is 4.79 Å². The van der Waals surface area contributed by atoms with Gasteiger partial charge in [0.2, 0.25) is 11.9 Å². The van der Waals surface area contributed by atoms with Gasteiger partial charge in [0.1, 0.15) is 0 Å². The summed E-state index contributed by atoms with van der Waals surface area (Å²) in [5, 5.41) is 9.11. The van der Waals surface area contributed by atoms with E-state index in [4.69, 9.17) is 11.6 Å². The summed E-state index contributed by atoms with van der Waals surface area (Å²) in [5.41, 5.74) is 2.28. The predicted molar refractivity (Wildman–Crippen MR) is 108 cm³/mol. The number of hydrogen-bond acceptors (Lipinski definition) is 4. The predicted octanol–water partition coefficient (Wildman–Crippen LogP) is 4.28. The van der Waals surface area contributed by atoms with E-state index in [1.807, 2.05) is 19.9 Å². The molecule has 1 heterocycles. The second kappa shape index (κ2) is 8.81. The summed E-state index contributed by atoms with van der Waals surface area (Å²) in [7, 11) is 0. The number of carbonyl (C=O) groups excluding carboxylic acids is 1. The smallest absolute Gasteiger partial charge is 0.308 e. The van der Waals surface area contributed by atoms with E-state index in [2.05, 4.69) is 30.9 Å². The highest BCUT2D eigenvalue weighted by Crippen LogP contribution is 2.21. The first-order valence-corrected chi connectivity index (χ1v) is 9.36. The van der Waals surface area contributed by atoms with Gasteiger partial charge in [-0.1, -0.05) is 30.5 Å². The maximum absolute atomic E-state index is 12.4. The molecule has 2 aromatic rings. The van der Waals surface area contributed by atoms with Crippen molar-refractivity contribution in [1.29, 1.82) is 0 Å². The minimum Gasteiger partial charge on any atom is -0.308 e. The second-order valence-electron chi connectivity index (χ2n) is 6.60. The summed E-state index contributed by atoms with van der Waals surface area (Å²) >= 11 is 5.96. The second-order valence-corrected chi connectivity index (χ2v) is 7.04. The molecule has 142 valence electrons. The van der Waals surface area contributed by atoms with Crippen molar-refractivity contribution >= 4 is 35.2 Å². The van der Waals surface area contributed by atoms with Crippen LogP contribution in [0.5, 0.6) is 0 Å². The number of aryl methyl sites for hydroxylation is 2. The van der Waals surface area contributed by atoms with Gasteiger partial charge in [-0.05, 0) is 51.0 Å². The van der Waals surface area contributed by atoms with Crippen LogP contribution in [-0.4, -0.2) is 28.0 Å². The average molecular weight is 387 g/mol. The van der Waals surface area contributed by atoms with Gasteiger partial charge in [-0.2, -0.15) is 0 Å². The monoisotopic (exact) mass is 386 g/mol. The molecular weight excluding hydrogens is 364 g/mol. The van der Waals surface area contributed by atoms with E-state index in [1.54, 1.807) is 24.3 Å². The molecule has 1 aromatic heterocycles. The van der Waals surface area contributed by atoms with E-state index >= 15 is 0 Å². The number of anilines is 2. The molecule has 3 N–H and O–H groups in total. The van der Waals surface area contributed by atoms with Crippen molar-refractivity contribution in [3.8, 4) is 0 Å². The Labute approximate surface area is 163 Å². The summed E-state index contributed by atoms with van der Waals surface area (Å²) < 4.78 is 0. The van der Waals surface area contributed by atoms with Gasteiger partial charge in [0.05, 0.1) is 6.04 Å². The molecule has 27 heavy (non-hydrogen) atoms. The zero-order chi connectivity index (χ0) is 19.2. The summed E-state index contributed by atoms with van der Waals surface area (Å²) in [6.07, 6.45) is 4.32. The molecule has 0 aliphatic heterocycles. The summed E-state index contributed by atoms with van der Waals surface area (Å²) in [6.45, 7) is 3.79. The molecule has 0 atom stereocenters. The van der Waals surface area contributed by atoms with Crippen molar-refractivity contribution in [2.75, 3.05) is 10.6 Å². The maximum Gasteiger partial charge on any atom is 0.326 e. The van der Waals surface area contributed by atoms with Crippen LogP contribution in [0, 0.1) is 13.8 Å². The maximum atomic E-state index is 12.4. The average Bonchev–Trinajstić information content (AvgIpc) is 3.06. The van der Waals surface area contributed by atoms with Crippen LogP contribution in [0.2, 0.25) is 5.02 Å². The molecule has 1 fully saturated rings. The number of urea groups is 1. The van der Waals surface area contributed by atoms with Gasteiger partial charge in [0.15, 0.2) is 0 Å². The van der Waals surface area contributed by atoms with Gasteiger partial charge < -0.3 is 5.32 Å². The quantitative estimate of drug-likeness (QED) is 0.542. The van der Waals surface area contributed by atoms with E-state index in [0.29, 0.717) is 22.6 Å². The first kappa shape index (κ1) is 19.1. The van der Waals surface area contributed by atoms with Crippen LogP contribution < -0.4 is 16.0 Å². The number of amides is 2. The number of aliphatic imine (C=N–C) groups is 1. The van der Waals surface area contributed by atoms with E-state index in [-0.39, 0.29) is 6.04 Å². The van der Waals surface area contributed by atoms with Crippen molar-refractivity contribution in [1.82, 2.24) is 15.3 Å². The van der Waals surface area contributed by atoms with Crippen LogP contribution in [0.3, 0.4) is 0 Å². The summed E-state index contributed by atoms with van der Waals surface area (Å²) in [4.78, 5) is 25.8. The third-order valence-electron chi connectivity index (χ3n) is 4.16. The van der Waals surface area contributed by atoms with E-state index in [1.165, 1.54) is 0 Å². The Balaban J connectivity index is 1.74. The van der Waals surface area contributed by atoms with Crippen LogP contribution in [0.4, 0.5) is 16.4 Å². The molecule has 0 bridgehead atoms. The molecule has 1 aliphatic carbocycles. The van der Waals surface area contributed by atoms with Crippen molar-refractivity contribution in [3.05, 3.63) is 46.7 Å². The Hall–Kier alpha value is -2.67. The third-order valence-corrected chi connectivity index (χ3v) is 4.40. The van der Waals surface area contributed by atoms with Crippen LogP contribution in [0.15, 0.2) is 35.3 Å². The van der Waals surface area contributed by atoms with Crippen molar-refractivity contribution in [2.24, 2.45) is 4.99 Å². The molecule has 3 rings (SSSR count). The fourth-order valence-corrected chi connectivity index (χ4v) is 3.23. The van der Waals surface area contributed by atoms with Gasteiger partial charge in [-0.15, -0.1) is 0 Å². The Morgan fingerprint density at radius 2 is 1.81 bits per heavy atom. The normalized spacial score (nSPS) is 14.9. The van der Waals surface area contributed by atoms with E-state index < -0.39 is 6.03 Å². The number of aromatic nitrogens is 2. The highest BCUT2D eigenvalue weighted by atomic mass is 35.5. The lowest BCUT2D eigenvalue weighted by molar-refractivity contribution is 0.256. The number of rotatable bonds is 3. The number of carbonyl (C=O) groups is 1. The fraction of sp³-hybridized carbons (Fsp3) is 0.368. The molecule has 7 nitrogen and oxygen atoms in total. The van der Waals surface area contributed by atoms with Gasteiger partial charge in [-0.25, -0.2) is 19.8 Å². The molecule has 0 unspecified atom stereocenters. The number of benzene rings is 1. The van der Waals surface area contributed by atoms with Gasteiger partial charge in [0, 0.05) is 22.1 Å². The van der Waals surface area contributed by atoms with Gasteiger partial charge in [0.25, 0.3) is 0 Å². The minimum absolute atomic E-state index is 0.185. The number of hydrogen-bond donors (Lipinski definition) is 3. The van der Waals surface area contributed by atoms with Crippen LogP contribution in [0.1, 0.15) is 37.1 Å². The molecule has 8 heteroatoms. The third kappa shape index (κ3) is 5.92. The molecule has 0 radical (unpaired) electrons. The van der Waals surface area contributed by atoms with Crippen LogP contribution >= 0.6 is 11.6 Å². The molecule has 1 aliphatic rings. The minimum atomic E-state index is -0.411. The molecule has 0 spiro atoms. The SMILES string of the molecule is Cc1cc(C)nc(NC(=NC2CCCC2)NC(=O)Nc2cccc(Cl)c2)n1. The molecule has 1 aromatic carbocycles. The molecular formula is C19H23ClN6O. The molecule has 2 amide bonds. The fourth-order valence-electron chi connectivity index (χ4n) is 3.04. The Morgan fingerprint density at radius 3 is 2.48 bits per heavy atom. The Morgan fingerprint density at radius 1 is 1.11 bits per heavy atom. The first-order chi connectivity index (χ1) is 13.0. The molecule has 0 saturated heterocycles. The lowest BCUT2D eigenvalue weighted by atomic mass is 10.3. The highest BCUT2D eigenvalue weighted by molar-refractivity contribution is 6.30. The zero-order valence-electron chi connectivity index (χ0n) is 15.4. The number of nitrogens with one attached hydrogen (secondary N) is 3. The van der Waals surface area contributed by atoms with Crippen molar-refractivity contribution in [3.63, 3.8) is 0 Å². The summed E-state index contributed by atoms with van der Waals surface area (Å²) in [5.74, 6) is 0.749. The van der Waals surface area contributed by atoms with Gasteiger partial charge >= 0.3 is 6.03 Å². The van der Waals surface area contributed by atoms with Crippen LogP contribution in [0.25, 0.3) is 0 Å². The van der Waals surface area contributed by atoms with E-state index in [0.717, 1.165) is 37.1 Å². The lowest BCUT2D eigenvalue weighted by Crippen LogP contribution is -2.40. The number of nitrogens with zero attached hydrogens (tertiary/aromatic N) is 3. The zero-order valence-corrected chi connectivity index (χ0v) is 16.2. The largest absolute Gasteiger partial charge is 0.326 e. The molecule has 1 saturated carbocycles. The standard InChI is InChI=1S/C19H23ClN6O/c1-12-10-13(2)22-17(21-12)25-18(23-15-7-3-4-8-15)26-19(27)24-16-9-5-6-14(20)11-16/h5-6,9-11,15H,3-4,7-8H2,1-2H3,(H3,21,22,23,24,25,26,27). The van der Waals surface area contributed by atoms with Crippen LogP contribution in [-0.2, 0) is 0 Å². The summed E-state index contributed by atoms with van der Waals surface area (Å²) in [6, 6.07) is 8.62. The lowest BCUT2D eigenvalue weighted by Gasteiger charge is -2.14. The first-order valence-electron chi connectivity index (χ1n) is 8.98. The van der Waals surface area contributed by atoms with Gasteiger partial charge in [-0.3, -0.25) is 10.6 Å². The number of halogens is 1. The van der Waals surface area contributed by atoms with Crippen molar-refractivity contribution < 1.29 is 4.79 Å². The Kier molecular flexibility index (Phi) is 6.24. The Bertz CT molecular complexity index is 828. The highest BCUT2D eigenvalue weighted by Gasteiger charge is 2.17. The van der Waals surface area contributed by atoms with Crippen molar-refractivity contribution in [2.45, 2.75) is 45.6 Å².